The number of hydrogen-bond donors (Lipinski definition) is 2. The number of carbonyl (C=O) groups excluding carboxylic acids is 1. The molecule has 3 N–H and O–H groups in total. The standard InChI is InChI=1S/C15H22FN3O/c1-15(2)10-19(8-7-13(15)17)9-14(20)18-12-6-4-3-5-11(12)16/h3-6,13H,7-10,17H2,1-2H3,(H,18,20). The Bertz CT molecular complexity index is 490. The molecule has 1 heterocycles. The van der Waals surface area contributed by atoms with Crippen LogP contribution >= 0.6 is 0 Å². The number of rotatable bonds is 3. The number of piperidine rings is 1. The molecule has 2 rings (SSSR count). The van der Waals surface area contributed by atoms with Crippen LogP contribution in [0.25, 0.3) is 0 Å². The molecule has 1 atom stereocenters. The number of nitrogens with zero attached hydrogens (tertiary/aromatic N) is 1. The molecule has 0 radical (unpaired) electrons. The van der Waals surface area contributed by atoms with E-state index in [0.29, 0.717) is 0 Å². The van der Waals surface area contributed by atoms with Crippen LogP contribution < -0.4 is 11.1 Å². The smallest absolute Gasteiger partial charge is 0.238 e. The maximum Gasteiger partial charge on any atom is 0.238 e. The summed E-state index contributed by atoms with van der Waals surface area (Å²) in [5.41, 5.74) is 6.30. The lowest BCUT2D eigenvalue weighted by molar-refractivity contribution is -0.118. The fourth-order valence-electron chi connectivity index (χ4n) is 2.58. The zero-order chi connectivity index (χ0) is 14.8. The number of amides is 1. The molecule has 4 nitrogen and oxygen atoms in total. The van der Waals surface area contributed by atoms with Crippen LogP contribution in [0, 0.1) is 11.2 Å². The molecule has 1 saturated heterocycles. The number of likely N-dealkylation sites (tertiary alicyclic amines) is 1. The van der Waals surface area contributed by atoms with Gasteiger partial charge in [-0.25, -0.2) is 4.39 Å². The van der Waals surface area contributed by atoms with E-state index in [4.69, 9.17) is 5.73 Å². The third kappa shape index (κ3) is 3.55. The molecule has 1 fully saturated rings. The first-order chi connectivity index (χ1) is 9.38. The van der Waals surface area contributed by atoms with Crippen molar-refractivity contribution in [3.05, 3.63) is 30.1 Å². The van der Waals surface area contributed by atoms with Crippen LogP contribution in [-0.2, 0) is 4.79 Å². The van der Waals surface area contributed by atoms with Gasteiger partial charge in [0.1, 0.15) is 5.82 Å². The Morgan fingerprint density at radius 2 is 2.20 bits per heavy atom. The quantitative estimate of drug-likeness (QED) is 0.887. The van der Waals surface area contributed by atoms with Gasteiger partial charge in [0.05, 0.1) is 12.2 Å². The number of nitrogens with two attached hydrogens (primary N) is 1. The van der Waals surface area contributed by atoms with Crippen molar-refractivity contribution in [1.82, 2.24) is 4.90 Å². The predicted molar refractivity (Wildman–Crippen MR) is 77.8 cm³/mol. The van der Waals surface area contributed by atoms with E-state index in [-0.39, 0.29) is 29.6 Å². The van der Waals surface area contributed by atoms with Gasteiger partial charge in [-0.3, -0.25) is 9.69 Å². The summed E-state index contributed by atoms with van der Waals surface area (Å²) in [6.07, 6.45) is 0.875. The molecular formula is C15H22FN3O. The molecule has 0 aromatic heterocycles. The number of carbonyl (C=O) groups is 1. The largest absolute Gasteiger partial charge is 0.327 e. The normalized spacial score (nSPS) is 22.5. The molecule has 5 heteroatoms. The molecule has 1 aromatic carbocycles. The zero-order valence-corrected chi connectivity index (χ0v) is 12.0. The Kier molecular flexibility index (Phi) is 4.40. The Morgan fingerprint density at radius 3 is 2.85 bits per heavy atom. The number of para-hydroxylation sites is 1. The SMILES string of the molecule is CC1(C)CN(CC(=O)Nc2ccccc2F)CCC1N. The van der Waals surface area contributed by atoms with Crippen LogP contribution in [0.5, 0.6) is 0 Å². The van der Waals surface area contributed by atoms with Crippen molar-refractivity contribution in [2.45, 2.75) is 26.3 Å². The molecule has 0 saturated carbocycles. The molecule has 1 unspecified atom stereocenters. The van der Waals surface area contributed by atoms with Crippen LogP contribution in [0.4, 0.5) is 10.1 Å². The molecular weight excluding hydrogens is 257 g/mol. The number of benzene rings is 1. The van der Waals surface area contributed by atoms with Crippen molar-refractivity contribution in [3.8, 4) is 0 Å². The van der Waals surface area contributed by atoms with Crippen molar-refractivity contribution in [2.75, 3.05) is 25.0 Å². The number of nitrogens with one attached hydrogen (secondary N) is 1. The lowest BCUT2D eigenvalue weighted by Crippen LogP contribution is -2.53. The van der Waals surface area contributed by atoms with Gasteiger partial charge in [-0.05, 0) is 24.0 Å². The minimum atomic E-state index is -0.415. The van der Waals surface area contributed by atoms with Gasteiger partial charge in [-0.15, -0.1) is 0 Å². The highest BCUT2D eigenvalue weighted by molar-refractivity contribution is 5.92. The van der Waals surface area contributed by atoms with E-state index in [1.165, 1.54) is 6.07 Å². The molecule has 0 bridgehead atoms. The van der Waals surface area contributed by atoms with Gasteiger partial charge in [0.2, 0.25) is 5.91 Å². The predicted octanol–water partition coefficient (Wildman–Crippen LogP) is 1.82. The van der Waals surface area contributed by atoms with Gasteiger partial charge in [-0.2, -0.15) is 0 Å². The first-order valence-electron chi connectivity index (χ1n) is 6.91. The maximum absolute atomic E-state index is 13.5. The Hall–Kier alpha value is -1.46. The number of anilines is 1. The molecule has 1 aliphatic heterocycles. The molecule has 110 valence electrons. The van der Waals surface area contributed by atoms with Gasteiger partial charge < -0.3 is 11.1 Å². The van der Waals surface area contributed by atoms with Crippen LogP contribution in [0.15, 0.2) is 24.3 Å². The fraction of sp³-hybridized carbons (Fsp3) is 0.533. The van der Waals surface area contributed by atoms with Crippen LogP contribution in [-0.4, -0.2) is 36.5 Å². The van der Waals surface area contributed by atoms with Gasteiger partial charge in [0, 0.05) is 19.1 Å². The van der Waals surface area contributed by atoms with Crippen LogP contribution in [0.3, 0.4) is 0 Å². The van der Waals surface area contributed by atoms with Crippen molar-refractivity contribution in [2.24, 2.45) is 11.1 Å². The fourth-order valence-corrected chi connectivity index (χ4v) is 2.58. The molecule has 0 aliphatic carbocycles. The second-order valence-corrected chi connectivity index (χ2v) is 6.12. The monoisotopic (exact) mass is 279 g/mol. The summed E-state index contributed by atoms with van der Waals surface area (Å²) in [5, 5.41) is 2.61. The summed E-state index contributed by atoms with van der Waals surface area (Å²) >= 11 is 0. The summed E-state index contributed by atoms with van der Waals surface area (Å²) in [5.74, 6) is -0.608. The van der Waals surface area contributed by atoms with E-state index in [9.17, 15) is 9.18 Å². The van der Waals surface area contributed by atoms with E-state index >= 15 is 0 Å². The van der Waals surface area contributed by atoms with Crippen LogP contribution in [0.1, 0.15) is 20.3 Å². The summed E-state index contributed by atoms with van der Waals surface area (Å²) in [6.45, 7) is 6.07. The third-order valence-corrected chi connectivity index (χ3v) is 3.91. The average Bonchev–Trinajstić information content (AvgIpc) is 2.36. The second kappa shape index (κ2) is 5.89. The Morgan fingerprint density at radius 1 is 1.50 bits per heavy atom. The average molecular weight is 279 g/mol. The highest BCUT2D eigenvalue weighted by Gasteiger charge is 2.33. The molecule has 1 aliphatic rings. The first kappa shape index (κ1) is 14.9. The van der Waals surface area contributed by atoms with Gasteiger partial charge in [0.25, 0.3) is 0 Å². The van der Waals surface area contributed by atoms with Crippen molar-refractivity contribution in [3.63, 3.8) is 0 Å². The van der Waals surface area contributed by atoms with Gasteiger partial charge in [-0.1, -0.05) is 26.0 Å². The highest BCUT2D eigenvalue weighted by Crippen LogP contribution is 2.27. The van der Waals surface area contributed by atoms with E-state index in [2.05, 4.69) is 24.1 Å². The van der Waals surface area contributed by atoms with E-state index in [0.717, 1.165) is 19.5 Å². The lowest BCUT2D eigenvalue weighted by Gasteiger charge is -2.42. The van der Waals surface area contributed by atoms with Crippen molar-refractivity contribution in [1.29, 1.82) is 0 Å². The van der Waals surface area contributed by atoms with Gasteiger partial charge >= 0.3 is 0 Å². The maximum atomic E-state index is 13.5. The molecule has 1 amide bonds. The minimum absolute atomic E-state index is 0.00345. The second-order valence-electron chi connectivity index (χ2n) is 6.12. The minimum Gasteiger partial charge on any atom is -0.327 e. The lowest BCUT2D eigenvalue weighted by atomic mass is 9.80. The zero-order valence-electron chi connectivity index (χ0n) is 12.0. The number of hydrogen-bond acceptors (Lipinski definition) is 3. The Balaban J connectivity index is 1.91. The van der Waals surface area contributed by atoms with E-state index in [1.807, 2.05) is 0 Å². The summed E-state index contributed by atoms with van der Waals surface area (Å²) in [7, 11) is 0. The molecule has 1 aromatic rings. The van der Waals surface area contributed by atoms with E-state index in [1.54, 1.807) is 18.2 Å². The third-order valence-electron chi connectivity index (χ3n) is 3.91. The molecule has 0 spiro atoms. The summed E-state index contributed by atoms with van der Waals surface area (Å²) in [6, 6.07) is 6.34. The van der Waals surface area contributed by atoms with Crippen molar-refractivity contribution >= 4 is 11.6 Å². The Labute approximate surface area is 119 Å². The first-order valence-corrected chi connectivity index (χ1v) is 6.91. The molecule has 20 heavy (non-hydrogen) atoms. The van der Waals surface area contributed by atoms with E-state index < -0.39 is 5.82 Å². The van der Waals surface area contributed by atoms with Gasteiger partial charge in [0.15, 0.2) is 0 Å². The highest BCUT2D eigenvalue weighted by atomic mass is 19.1. The van der Waals surface area contributed by atoms with Crippen molar-refractivity contribution < 1.29 is 9.18 Å². The summed E-state index contributed by atoms with van der Waals surface area (Å²) < 4.78 is 13.5. The topological polar surface area (TPSA) is 58.4 Å². The number of halogens is 1. The summed E-state index contributed by atoms with van der Waals surface area (Å²) in [4.78, 5) is 14.0. The van der Waals surface area contributed by atoms with Crippen LogP contribution in [0.2, 0.25) is 0 Å².